The number of amides is 1. The Morgan fingerprint density at radius 1 is 2.00 bits per heavy atom. The highest BCUT2D eigenvalue weighted by molar-refractivity contribution is 5.46. The SMILES string of the molecule is O=[C]NCF. The third kappa shape index (κ3) is 3.40. The summed E-state index contributed by atoms with van der Waals surface area (Å²) in [6.07, 6.45) is 1.14. The third-order valence-electron chi connectivity index (χ3n) is 0.139. The zero-order valence-corrected chi connectivity index (χ0v) is 2.49. The van der Waals surface area contributed by atoms with Crippen LogP contribution < -0.4 is 5.32 Å². The van der Waals surface area contributed by atoms with Crippen LogP contribution >= 0.6 is 0 Å². The van der Waals surface area contributed by atoms with E-state index < -0.39 is 6.80 Å². The molecular weight excluding hydrogens is 73.0 g/mol. The molecule has 3 heteroatoms. The van der Waals surface area contributed by atoms with Gasteiger partial charge in [-0.1, -0.05) is 0 Å². The van der Waals surface area contributed by atoms with E-state index in [9.17, 15) is 4.39 Å². The van der Waals surface area contributed by atoms with Crippen LogP contribution in [0.25, 0.3) is 0 Å². The summed E-state index contributed by atoms with van der Waals surface area (Å²) in [4.78, 5) is 8.93. The van der Waals surface area contributed by atoms with Gasteiger partial charge in [-0.2, -0.15) is 0 Å². The number of nitrogens with one attached hydrogen (secondary N) is 1. The molecule has 0 saturated heterocycles. The molecule has 0 fully saturated rings. The minimum Gasteiger partial charge on any atom is -0.321 e. The Morgan fingerprint density at radius 2 is 2.60 bits per heavy atom. The molecule has 0 bridgehead atoms. The van der Waals surface area contributed by atoms with Crippen molar-refractivity contribution >= 4 is 6.41 Å². The van der Waals surface area contributed by atoms with E-state index in [-0.39, 0.29) is 0 Å². The highest BCUT2D eigenvalue weighted by Crippen LogP contribution is 1.45. The van der Waals surface area contributed by atoms with Crippen LogP contribution in [0.5, 0.6) is 0 Å². The second-order valence-electron chi connectivity index (χ2n) is 0.412. The van der Waals surface area contributed by atoms with E-state index in [2.05, 4.69) is 0 Å². The van der Waals surface area contributed by atoms with E-state index in [1.807, 2.05) is 0 Å². The van der Waals surface area contributed by atoms with Gasteiger partial charge in [0.2, 0.25) is 0 Å². The quantitative estimate of drug-likeness (QED) is 0.351. The lowest BCUT2D eigenvalue weighted by atomic mass is 11.2. The highest BCUT2D eigenvalue weighted by Gasteiger charge is 1.65. The summed E-state index contributed by atoms with van der Waals surface area (Å²) in [6, 6.07) is 0. The average Bonchev–Trinajstić information content (AvgIpc) is 1.41. The second kappa shape index (κ2) is 3.40. The molecule has 0 rings (SSSR count). The summed E-state index contributed by atoms with van der Waals surface area (Å²) >= 11 is 0. The molecule has 1 amide bonds. The van der Waals surface area contributed by atoms with Crippen LogP contribution in [0.15, 0.2) is 0 Å². The zero-order valence-electron chi connectivity index (χ0n) is 2.49. The van der Waals surface area contributed by atoms with Gasteiger partial charge in [-0.15, -0.1) is 0 Å². The molecule has 0 aliphatic carbocycles. The van der Waals surface area contributed by atoms with E-state index in [1.165, 1.54) is 0 Å². The monoisotopic (exact) mass is 76.0 g/mol. The van der Waals surface area contributed by atoms with Gasteiger partial charge in [0.25, 0.3) is 0 Å². The molecule has 29 valence electrons. The molecule has 0 spiro atoms. The first-order valence-corrected chi connectivity index (χ1v) is 1.07. The van der Waals surface area contributed by atoms with Crippen molar-refractivity contribution < 1.29 is 9.18 Å². The van der Waals surface area contributed by atoms with Crippen molar-refractivity contribution in [2.45, 2.75) is 0 Å². The molecule has 2 nitrogen and oxygen atoms in total. The predicted molar refractivity (Wildman–Crippen MR) is 14.8 cm³/mol. The Kier molecular flexibility index (Phi) is 2.99. The molecule has 0 aromatic rings. The predicted octanol–water partition coefficient (Wildman–Crippen LogP) is -0.430. The molecule has 0 atom stereocenters. The molecule has 1 N–H and O–H groups in total. The fourth-order valence-electron chi connectivity index (χ4n) is 0.0273. The van der Waals surface area contributed by atoms with Gasteiger partial charge < -0.3 is 5.32 Å². The average molecular weight is 76.0 g/mol. The van der Waals surface area contributed by atoms with Crippen LogP contribution in [-0.2, 0) is 4.79 Å². The number of hydrogen-bond donors (Lipinski definition) is 1. The minimum absolute atomic E-state index is 0.830. The van der Waals surface area contributed by atoms with E-state index in [0.29, 0.717) is 0 Å². The van der Waals surface area contributed by atoms with Gasteiger partial charge >= 0.3 is 6.41 Å². The molecular formula is C2H3FNO. The molecule has 5 heavy (non-hydrogen) atoms. The molecule has 0 saturated carbocycles. The van der Waals surface area contributed by atoms with Gasteiger partial charge in [0.05, 0.1) is 0 Å². The van der Waals surface area contributed by atoms with Crippen molar-refractivity contribution in [3.05, 3.63) is 0 Å². The van der Waals surface area contributed by atoms with Gasteiger partial charge in [0, 0.05) is 0 Å². The number of rotatable bonds is 2. The van der Waals surface area contributed by atoms with Gasteiger partial charge in [-0.05, 0) is 0 Å². The van der Waals surface area contributed by atoms with E-state index >= 15 is 0 Å². The first-order valence-electron chi connectivity index (χ1n) is 1.07. The molecule has 0 aromatic carbocycles. The molecule has 0 unspecified atom stereocenters. The van der Waals surface area contributed by atoms with Crippen LogP contribution in [0.2, 0.25) is 0 Å². The normalized spacial score (nSPS) is 6.60. The Balaban J connectivity index is 2.40. The Hall–Kier alpha value is -0.600. The summed E-state index contributed by atoms with van der Waals surface area (Å²) in [5.41, 5.74) is 0. The maximum absolute atomic E-state index is 10.6. The van der Waals surface area contributed by atoms with Gasteiger partial charge in [-0.3, -0.25) is 4.79 Å². The van der Waals surface area contributed by atoms with E-state index in [4.69, 9.17) is 4.79 Å². The van der Waals surface area contributed by atoms with Gasteiger partial charge in [0.15, 0.2) is 6.80 Å². The van der Waals surface area contributed by atoms with Crippen molar-refractivity contribution in [1.82, 2.24) is 5.32 Å². The largest absolute Gasteiger partial charge is 0.321 e. The van der Waals surface area contributed by atoms with Crippen LogP contribution in [-0.4, -0.2) is 13.2 Å². The maximum Gasteiger partial charge on any atom is 0.311 e. The highest BCUT2D eigenvalue weighted by atomic mass is 19.1. The fourth-order valence-corrected chi connectivity index (χ4v) is 0.0273. The van der Waals surface area contributed by atoms with Gasteiger partial charge in [0.1, 0.15) is 0 Å². The Labute approximate surface area is 29.0 Å². The smallest absolute Gasteiger partial charge is 0.311 e. The molecule has 0 aliphatic heterocycles. The first kappa shape index (κ1) is 4.40. The lowest BCUT2D eigenvalue weighted by Gasteiger charge is -1.73. The lowest BCUT2D eigenvalue weighted by Crippen LogP contribution is -2.06. The van der Waals surface area contributed by atoms with Crippen LogP contribution in [0.3, 0.4) is 0 Å². The fraction of sp³-hybridized carbons (Fsp3) is 0.500. The summed E-state index contributed by atoms with van der Waals surface area (Å²) in [5.74, 6) is 0. The molecule has 0 aromatic heterocycles. The van der Waals surface area contributed by atoms with Crippen molar-refractivity contribution in [3.8, 4) is 0 Å². The Morgan fingerprint density at radius 3 is 2.60 bits per heavy atom. The standard InChI is InChI=1S/C2H3FNO/c3-1-4-2-5/h1H2,(H,4,5). The second-order valence-corrected chi connectivity index (χ2v) is 0.412. The van der Waals surface area contributed by atoms with Crippen LogP contribution in [0.4, 0.5) is 4.39 Å². The minimum atomic E-state index is -0.830. The maximum atomic E-state index is 10.6. The first-order chi connectivity index (χ1) is 2.41. The van der Waals surface area contributed by atoms with Crippen molar-refractivity contribution in [3.63, 3.8) is 0 Å². The Bertz CT molecular complexity index is 30.8. The summed E-state index contributed by atoms with van der Waals surface area (Å²) < 4.78 is 10.6. The van der Waals surface area contributed by atoms with E-state index in [0.717, 1.165) is 6.41 Å². The summed E-state index contributed by atoms with van der Waals surface area (Å²) in [6.45, 7) is -0.830. The van der Waals surface area contributed by atoms with Gasteiger partial charge in [-0.25, -0.2) is 4.39 Å². The van der Waals surface area contributed by atoms with Crippen molar-refractivity contribution in [2.75, 3.05) is 6.80 Å². The number of hydrogen-bond acceptors (Lipinski definition) is 1. The summed E-state index contributed by atoms with van der Waals surface area (Å²) in [7, 11) is 0. The lowest BCUT2D eigenvalue weighted by molar-refractivity contribution is 0.455. The van der Waals surface area contributed by atoms with Crippen LogP contribution in [0.1, 0.15) is 0 Å². The molecule has 0 heterocycles. The molecule has 0 aliphatic rings. The number of halogens is 1. The third-order valence-corrected chi connectivity index (χ3v) is 0.139. The number of alkyl halides is 1. The van der Waals surface area contributed by atoms with Crippen molar-refractivity contribution in [1.29, 1.82) is 0 Å². The van der Waals surface area contributed by atoms with Crippen LogP contribution in [0, 0.1) is 0 Å². The summed E-state index contributed by atoms with van der Waals surface area (Å²) in [5, 5.41) is 1.64. The van der Waals surface area contributed by atoms with Crippen molar-refractivity contribution in [2.24, 2.45) is 0 Å². The molecule has 1 radical (unpaired) electrons. The zero-order chi connectivity index (χ0) is 4.12. The van der Waals surface area contributed by atoms with E-state index in [1.54, 1.807) is 5.32 Å². The number of carbonyl (C=O) groups excluding carboxylic acids is 1. The topological polar surface area (TPSA) is 29.1 Å².